The lowest BCUT2D eigenvalue weighted by Gasteiger charge is -2.25. The highest BCUT2D eigenvalue weighted by atomic mass is 32.2. The third-order valence-corrected chi connectivity index (χ3v) is 7.74. The Hall–Kier alpha value is -2.98. The lowest BCUT2D eigenvalue weighted by molar-refractivity contribution is 0.305. The van der Waals surface area contributed by atoms with Crippen molar-refractivity contribution in [2.45, 2.75) is 62.9 Å². The summed E-state index contributed by atoms with van der Waals surface area (Å²) in [5.41, 5.74) is -0.958. The van der Waals surface area contributed by atoms with Crippen LogP contribution in [0.4, 0.5) is 10.1 Å². The summed E-state index contributed by atoms with van der Waals surface area (Å²) in [6.07, 6.45) is 7.52. The fourth-order valence-corrected chi connectivity index (χ4v) is 5.76. The number of H-pyrrole nitrogens is 2. The van der Waals surface area contributed by atoms with Gasteiger partial charge in [0, 0.05) is 12.6 Å². The summed E-state index contributed by atoms with van der Waals surface area (Å²) < 4.78 is 43.1. The molecule has 4 rings (SSSR count). The molecule has 4 N–H and O–H groups in total. The zero-order chi connectivity index (χ0) is 24.3. The van der Waals surface area contributed by atoms with Crippen molar-refractivity contribution in [1.29, 1.82) is 0 Å². The van der Waals surface area contributed by atoms with Gasteiger partial charge in [-0.05, 0) is 43.0 Å². The van der Waals surface area contributed by atoms with E-state index in [2.05, 4.69) is 21.9 Å². The van der Waals surface area contributed by atoms with Crippen molar-refractivity contribution in [1.82, 2.24) is 15.3 Å². The Morgan fingerprint density at radius 2 is 1.82 bits per heavy atom. The molecule has 0 amide bonds. The van der Waals surface area contributed by atoms with E-state index in [4.69, 9.17) is 0 Å². The molecule has 182 valence electrons. The van der Waals surface area contributed by atoms with E-state index in [0.717, 1.165) is 30.0 Å². The molecule has 0 unspecified atom stereocenters. The predicted octanol–water partition coefficient (Wildman–Crippen LogP) is 3.60. The van der Waals surface area contributed by atoms with Crippen molar-refractivity contribution in [3.63, 3.8) is 0 Å². The van der Waals surface area contributed by atoms with Crippen LogP contribution in [0.25, 0.3) is 10.9 Å². The van der Waals surface area contributed by atoms with Gasteiger partial charge in [-0.3, -0.25) is 14.5 Å². The van der Waals surface area contributed by atoms with Crippen LogP contribution in [0, 0.1) is 11.7 Å². The average molecular weight is 489 g/mol. The molecule has 0 saturated heterocycles. The number of aromatic amines is 2. The normalized spacial score (nSPS) is 15.9. The lowest BCUT2D eigenvalue weighted by atomic mass is 9.85. The Balaban J connectivity index is 1.52. The standard InChI is InChI=1S/C24H29FN4O4S/c1-15(11-16-7-3-2-4-8-16)26-14-17-9-5-6-10-21(17)29-34(32,33)18-12-19-22(20(25)13-18)27-24(31)28-23(19)30/h5-6,9-10,12-13,15-16,26,29H,2-4,7-8,11,14H2,1H3,(H2,27,28,30,31)/t15-/m0/s1. The second-order valence-electron chi connectivity index (χ2n) is 9.02. The van der Waals surface area contributed by atoms with Crippen LogP contribution in [0.1, 0.15) is 51.0 Å². The summed E-state index contributed by atoms with van der Waals surface area (Å²) in [5, 5.41) is 3.23. The molecule has 1 saturated carbocycles. The molecular formula is C24H29FN4O4S. The second-order valence-corrected chi connectivity index (χ2v) is 10.7. The van der Waals surface area contributed by atoms with Gasteiger partial charge in [-0.2, -0.15) is 0 Å². The van der Waals surface area contributed by atoms with Crippen molar-refractivity contribution >= 4 is 26.6 Å². The van der Waals surface area contributed by atoms with Crippen molar-refractivity contribution in [3.05, 3.63) is 68.6 Å². The topological polar surface area (TPSA) is 124 Å². The molecule has 3 aromatic rings. The molecule has 2 aromatic carbocycles. The van der Waals surface area contributed by atoms with Crippen molar-refractivity contribution in [2.24, 2.45) is 5.92 Å². The Kier molecular flexibility index (Phi) is 7.18. The summed E-state index contributed by atoms with van der Waals surface area (Å²) in [6.45, 7) is 2.61. The summed E-state index contributed by atoms with van der Waals surface area (Å²) in [5.74, 6) is -0.279. The molecule has 34 heavy (non-hydrogen) atoms. The molecule has 0 spiro atoms. The van der Waals surface area contributed by atoms with Crippen LogP contribution < -0.4 is 21.3 Å². The van der Waals surface area contributed by atoms with Gasteiger partial charge < -0.3 is 10.3 Å². The fraction of sp³-hybridized carbons (Fsp3) is 0.417. The van der Waals surface area contributed by atoms with Gasteiger partial charge in [0.05, 0.1) is 21.5 Å². The van der Waals surface area contributed by atoms with Crippen LogP contribution in [-0.2, 0) is 16.6 Å². The van der Waals surface area contributed by atoms with E-state index >= 15 is 0 Å². The predicted molar refractivity (Wildman–Crippen MR) is 130 cm³/mol. The molecule has 1 atom stereocenters. The molecule has 1 aromatic heterocycles. The Labute approximate surface area is 197 Å². The van der Waals surface area contributed by atoms with E-state index in [0.29, 0.717) is 12.2 Å². The molecule has 0 aliphatic heterocycles. The highest BCUT2D eigenvalue weighted by Gasteiger charge is 2.21. The molecule has 8 nitrogen and oxygen atoms in total. The molecule has 1 aliphatic carbocycles. The highest BCUT2D eigenvalue weighted by molar-refractivity contribution is 7.92. The zero-order valence-electron chi connectivity index (χ0n) is 19.0. The zero-order valence-corrected chi connectivity index (χ0v) is 19.8. The van der Waals surface area contributed by atoms with Gasteiger partial charge in [-0.1, -0.05) is 50.3 Å². The summed E-state index contributed by atoms with van der Waals surface area (Å²) in [6, 6.07) is 9.12. The lowest BCUT2D eigenvalue weighted by Crippen LogP contribution is -2.29. The maximum Gasteiger partial charge on any atom is 0.326 e. The molecule has 0 bridgehead atoms. The van der Waals surface area contributed by atoms with Crippen LogP contribution in [0.3, 0.4) is 0 Å². The maximum absolute atomic E-state index is 14.5. The Morgan fingerprint density at radius 3 is 2.59 bits per heavy atom. The fourth-order valence-electron chi connectivity index (χ4n) is 4.63. The average Bonchev–Trinajstić information content (AvgIpc) is 2.79. The van der Waals surface area contributed by atoms with E-state index in [9.17, 15) is 22.4 Å². The van der Waals surface area contributed by atoms with Crippen LogP contribution in [0.2, 0.25) is 0 Å². The second kappa shape index (κ2) is 10.1. The Morgan fingerprint density at radius 1 is 1.09 bits per heavy atom. The Bertz CT molecular complexity index is 1390. The maximum atomic E-state index is 14.5. The minimum absolute atomic E-state index is 0.258. The number of halogens is 1. The van der Waals surface area contributed by atoms with Gasteiger partial charge in [-0.15, -0.1) is 0 Å². The minimum Gasteiger partial charge on any atom is -0.310 e. The number of nitrogens with one attached hydrogen (secondary N) is 4. The first kappa shape index (κ1) is 24.2. The number of fused-ring (bicyclic) bond motifs is 1. The number of anilines is 1. The van der Waals surface area contributed by atoms with E-state index in [1.54, 1.807) is 12.1 Å². The molecule has 10 heteroatoms. The van der Waals surface area contributed by atoms with Gasteiger partial charge in [0.2, 0.25) is 0 Å². The summed E-state index contributed by atoms with van der Waals surface area (Å²) in [7, 11) is -4.20. The third-order valence-electron chi connectivity index (χ3n) is 6.40. The monoisotopic (exact) mass is 488 g/mol. The number of hydrogen-bond acceptors (Lipinski definition) is 5. The van der Waals surface area contributed by atoms with Gasteiger partial charge in [0.1, 0.15) is 5.82 Å². The van der Waals surface area contributed by atoms with Crippen molar-refractivity contribution < 1.29 is 12.8 Å². The molecule has 1 aliphatic rings. The molecule has 0 radical (unpaired) electrons. The number of benzene rings is 2. The number of sulfonamides is 1. The summed E-state index contributed by atoms with van der Waals surface area (Å²) in [4.78, 5) is 27.2. The van der Waals surface area contributed by atoms with Gasteiger partial charge in [0.25, 0.3) is 15.6 Å². The number of hydrogen-bond donors (Lipinski definition) is 4. The van der Waals surface area contributed by atoms with Crippen LogP contribution in [0.5, 0.6) is 0 Å². The van der Waals surface area contributed by atoms with Crippen LogP contribution in [0.15, 0.2) is 50.9 Å². The van der Waals surface area contributed by atoms with E-state index in [1.807, 2.05) is 17.1 Å². The first-order valence-electron chi connectivity index (χ1n) is 11.5. The number of aromatic nitrogens is 2. The summed E-state index contributed by atoms with van der Waals surface area (Å²) >= 11 is 0. The number of para-hydroxylation sites is 1. The largest absolute Gasteiger partial charge is 0.326 e. The smallest absolute Gasteiger partial charge is 0.310 e. The minimum atomic E-state index is -4.20. The third kappa shape index (κ3) is 5.56. The highest BCUT2D eigenvalue weighted by Crippen LogP contribution is 2.28. The van der Waals surface area contributed by atoms with E-state index < -0.39 is 32.0 Å². The van der Waals surface area contributed by atoms with Gasteiger partial charge in [0.15, 0.2) is 0 Å². The molecule has 1 heterocycles. The molecular weight excluding hydrogens is 459 g/mol. The van der Waals surface area contributed by atoms with Crippen LogP contribution >= 0.6 is 0 Å². The number of rotatable bonds is 8. The van der Waals surface area contributed by atoms with Crippen molar-refractivity contribution in [2.75, 3.05) is 4.72 Å². The SMILES string of the molecule is C[C@@H](CC1CCCCC1)NCc1ccccc1NS(=O)(=O)c1cc(F)c2[nH]c(=O)[nH]c(=O)c2c1. The van der Waals surface area contributed by atoms with Gasteiger partial charge >= 0.3 is 5.69 Å². The van der Waals surface area contributed by atoms with Crippen molar-refractivity contribution in [3.8, 4) is 0 Å². The van der Waals surface area contributed by atoms with E-state index in [-0.39, 0.29) is 16.9 Å². The van der Waals surface area contributed by atoms with E-state index in [1.165, 1.54) is 32.1 Å². The molecule has 1 fully saturated rings. The first-order chi connectivity index (χ1) is 16.2. The first-order valence-corrected chi connectivity index (χ1v) is 13.0. The van der Waals surface area contributed by atoms with Gasteiger partial charge in [-0.25, -0.2) is 17.6 Å². The quantitative estimate of drug-likeness (QED) is 0.386. The van der Waals surface area contributed by atoms with Crippen LogP contribution in [-0.4, -0.2) is 24.4 Å².